The summed E-state index contributed by atoms with van der Waals surface area (Å²) < 4.78 is 23.7. The highest BCUT2D eigenvalue weighted by Gasteiger charge is 2.22. The zero-order chi connectivity index (χ0) is 19.4. The molecular weight excluding hydrogens is 373 g/mol. The Morgan fingerprint density at radius 2 is 1.96 bits per heavy atom. The molecule has 3 rings (SSSR count). The highest BCUT2D eigenvalue weighted by atomic mass is 35.5. The molecule has 0 aliphatic rings. The Morgan fingerprint density at radius 3 is 2.67 bits per heavy atom. The molecule has 0 radical (unpaired) electrons. The van der Waals surface area contributed by atoms with E-state index in [9.17, 15) is 9.18 Å². The quantitative estimate of drug-likeness (QED) is 0.638. The summed E-state index contributed by atoms with van der Waals surface area (Å²) >= 11 is 6.13. The minimum atomic E-state index is -0.758. The minimum Gasteiger partial charge on any atom is -0.481 e. The number of hydrogen-bond donors (Lipinski definition) is 0. The SMILES string of the molecule is C[C@H](Oc1ccc(F)cc1)C(=O)N(C)Cc1nc(-c2ccccc2Cl)no1. The van der Waals surface area contributed by atoms with Gasteiger partial charge in [-0.05, 0) is 43.3 Å². The van der Waals surface area contributed by atoms with E-state index in [1.807, 2.05) is 12.1 Å². The van der Waals surface area contributed by atoms with Crippen LogP contribution in [0.5, 0.6) is 5.75 Å². The summed E-state index contributed by atoms with van der Waals surface area (Å²) in [7, 11) is 1.60. The van der Waals surface area contributed by atoms with E-state index < -0.39 is 6.10 Å². The largest absolute Gasteiger partial charge is 0.481 e. The van der Waals surface area contributed by atoms with Gasteiger partial charge in [0.05, 0.1) is 11.6 Å². The predicted molar refractivity (Wildman–Crippen MR) is 97.7 cm³/mol. The van der Waals surface area contributed by atoms with E-state index in [0.717, 1.165) is 0 Å². The number of aromatic nitrogens is 2. The first-order valence-corrected chi connectivity index (χ1v) is 8.56. The Bertz CT molecular complexity index is 930. The van der Waals surface area contributed by atoms with E-state index in [1.165, 1.54) is 29.2 Å². The Balaban J connectivity index is 1.63. The lowest BCUT2D eigenvalue weighted by atomic mass is 10.2. The van der Waals surface area contributed by atoms with Crippen molar-refractivity contribution in [3.05, 3.63) is 65.3 Å². The standard InChI is InChI=1S/C19H17ClFN3O3/c1-12(26-14-9-7-13(21)8-10-14)19(25)24(2)11-17-22-18(23-27-17)15-5-3-4-6-16(15)20/h3-10,12H,11H2,1-2H3/t12-/m0/s1. The molecule has 0 saturated carbocycles. The van der Waals surface area contributed by atoms with Crippen LogP contribution in [0.1, 0.15) is 12.8 Å². The molecule has 0 spiro atoms. The number of amides is 1. The summed E-state index contributed by atoms with van der Waals surface area (Å²) in [5.41, 5.74) is 0.649. The minimum absolute atomic E-state index is 0.118. The van der Waals surface area contributed by atoms with Crippen LogP contribution in [0.25, 0.3) is 11.4 Å². The molecule has 3 aromatic rings. The van der Waals surface area contributed by atoms with E-state index in [-0.39, 0.29) is 24.2 Å². The van der Waals surface area contributed by atoms with Gasteiger partial charge in [-0.3, -0.25) is 4.79 Å². The van der Waals surface area contributed by atoms with Crippen LogP contribution in [0.4, 0.5) is 4.39 Å². The van der Waals surface area contributed by atoms with Gasteiger partial charge in [0.25, 0.3) is 5.91 Å². The van der Waals surface area contributed by atoms with Gasteiger partial charge in [0, 0.05) is 12.6 Å². The van der Waals surface area contributed by atoms with E-state index in [4.69, 9.17) is 20.9 Å². The van der Waals surface area contributed by atoms with Crippen LogP contribution in [0.2, 0.25) is 5.02 Å². The maximum Gasteiger partial charge on any atom is 0.263 e. The molecule has 0 unspecified atom stereocenters. The number of nitrogens with zero attached hydrogens (tertiary/aromatic N) is 3. The van der Waals surface area contributed by atoms with Crippen LogP contribution in [0.3, 0.4) is 0 Å². The van der Waals surface area contributed by atoms with Crippen LogP contribution < -0.4 is 4.74 Å². The van der Waals surface area contributed by atoms with Crippen molar-refractivity contribution in [2.75, 3.05) is 7.05 Å². The predicted octanol–water partition coefficient (Wildman–Crippen LogP) is 3.96. The Kier molecular flexibility index (Phi) is 5.71. The van der Waals surface area contributed by atoms with Gasteiger partial charge in [-0.2, -0.15) is 4.98 Å². The molecule has 140 valence electrons. The van der Waals surface area contributed by atoms with Crippen molar-refractivity contribution in [3.8, 4) is 17.1 Å². The third kappa shape index (κ3) is 4.62. The summed E-state index contributed by atoms with van der Waals surface area (Å²) in [5.74, 6) is 0.382. The lowest BCUT2D eigenvalue weighted by Crippen LogP contribution is -2.37. The maximum absolute atomic E-state index is 12.9. The van der Waals surface area contributed by atoms with Gasteiger partial charge in [0.2, 0.25) is 11.7 Å². The molecule has 0 aliphatic heterocycles. The summed E-state index contributed by atoms with van der Waals surface area (Å²) in [4.78, 5) is 18.2. The number of carbonyl (C=O) groups is 1. The van der Waals surface area contributed by atoms with Gasteiger partial charge < -0.3 is 14.2 Å². The highest BCUT2D eigenvalue weighted by molar-refractivity contribution is 6.33. The highest BCUT2D eigenvalue weighted by Crippen LogP contribution is 2.25. The molecule has 27 heavy (non-hydrogen) atoms. The molecule has 0 N–H and O–H groups in total. The smallest absolute Gasteiger partial charge is 0.263 e. The number of likely N-dealkylation sites (N-methyl/N-ethyl adjacent to an activating group) is 1. The van der Waals surface area contributed by atoms with Crippen molar-refractivity contribution in [1.82, 2.24) is 15.0 Å². The third-order valence-corrected chi connectivity index (χ3v) is 4.14. The fraction of sp³-hybridized carbons (Fsp3) is 0.211. The van der Waals surface area contributed by atoms with Gasteiger partial charge in [-0.25, -0.2) is 4.39 Å². The van der Waals surface area contributed by atoms with Crippen LogP contribution in [0.15, 0.2) is 53.1 Å². The first kappa shape index (κ1) is 18.8. The molecule has 8 heteroatoms. The molecule has 0 bridgehead atoms. The molecule has 1 amide bonds. The second kappa shape index (κ2) is 8.18. The van der Waals surface area contributed by atoms with E-state index in [1.54, 1.807) is 26.1 Å². The monoisotopic (exact) mass is 389 g/mol. The van der Waals surface area contributed by atoms with Crippen molar-refractivity contribution < 1.29 is 18.4 Å². The van der Waals surface area contributed by atoms with Crippen molar-refractivity contribution in [3.63, 3.8) is 0 Å². The Morgan fingerprint density at radius 1 is 1.26 bits per heavy atom. The zero-order valence-corrected chi connectivity index (χ0v) is 15.5. The van der Waals surface area contributed by atoms with E-state index in [0.29, 0.717) is 22.2 Å². The molecule has 2 aromatic carbocycles. The average molecular weight is 390 g/mol. The number of ether oxygens (including phenoxy) is 1. The molecule has 6 nitrogen and oxygen atoms in total. The normalized spacial score (nSPS) is 11.9. The van der Waals surface area contributed by atoms with Gasteiger partial charge in [-0.1, -0.05) is 28.9 Å². The maximum atomic E-state index is 12.9. The number of carbonyl (C=O) groups excluding carboxylic acids is 1. The average Bonchev–Trinajstić information content (AvgIpc) is 3.11. The van der Waals surface area contributed by atoms with E-state index in [2.05, 4.69) is 10.1 Å². The molecule has 1 heterocycles. The fourth-order valence-electron chi connectivity index (χ4n) is 2.43. The molecule has 1 aromatic heterocycles. The Hall–Kier alpha value is -2.93. The number of benzene rings is 2. The third-order valence-electron chi connectivity index (χ3n) is 3.81. The zero-order valence-electron chi connectivity index (χ0n) is 14.7. The first-order chi connectivity index (χ1) is 12.9. The molecule has 1 atom stereocenters. The molecule has 0 saturated heterocycles. The van der Waals surface area contributed by atoms with Gasteiger partial charge in [0.1, 0.15) is 11.6 Å². The van der Waals surface area contributed by atoms with Crippen LogP contribution in [0, 0.1) is 5.82 Å². The second-order valence-electron chi connectivity index (χ2n) is 5.90. The molecule has 0 fully saturated rings. The summed E-state index contributed by atoms with van der Waals surface area (Å²) in [6.45, 7) is 1.73. The topological polar surface area (TPSA) is 68.5 Å². The van der Waals surface area contributed by atoms with Crippen molar-refractivity contribution in [2.24, 2.45) is 0 Å². The van der Waals surface area contributed by atoms with Crippen molar-refractivity contribution >= 4 is 17.5 Å². The van der Waals surface area contributed by atoms with Crippen LogP contribution in [-0.2, 0) is 11.3 Å². The lowest BCUT2D eigenvalue weighted by Gasteiger charge is -2.20. The van der Waals surface area contributed by atoms with Gasteiger partial charge >= 0.3 is 0 Å². The summed E-state index contributed by atoms with van der Waals surface area (Å²) in [6.07, 6.45) is -0.758. The van der Waals surface area contributed by atoms with Gasteiger partial charge in [0.15, 0.2) is 6.10 Å². The van der Waals surface area contributed by atoms with Gasteiger partial charge in [-0.15, -0.1) is 0 Å². The summed E-state index contributed by atoms with van der Waals surface area (Å²) in [6, 6.07) is 12.6. The number of hydrogen-bond acceptors (Lipinski definition) is 5. The van der Waals surface area contributed by atoms with Crippen LogP contribution >= 0.6 is 11.6 Å². The Labute approximate surface area is 160 Å². The van der Waals surface area contributed by atoms with Crippen LogP contribution in [-0.4, -0.2) is 34.1 Å². The summed E-state index contributed by atoms with van der Waals surface area (Å²) in [5, 5.41) is 4.42. The molecule has 0 aliphatic carbocycles. The second-order valence-corrected chi connectivity index (χ2v) is 6.31. The fourth-order valence-corrected chi connectivity index (χ4v) is 2.65. The van der Waals surface area contributed by atoms with E-state index >= 15 is 0 Å². The van der Waals surface area contributed by atoms with Crippen molar-refractivity contribution in [2.45, 2.75) is 19.6 Å². The number of rotatable bonds is 6. The lowest BCUT2D eigenvalue weighted by molar-refractivity contribution is -0.137. The van der Waals surface area contributed by atoms with Crippen molar-refractivity contribution in [1.29, 1.82) is 0 Å². The first-order valence-electron chi connectivity index (χ1n) is 8.18. The molecular formula is C19H17ClFN3O3. The number of halogens is 2.